The van der Waals surface area contributed by atoms with E-state index in [0.29, 0.717) is 12.1 Å². The van der Waals surface area contributed by atoms with Gasteiger partial charge in [0.1, 0.15) is 0 Å². The third kappa shape index (κ3) is 5.58. The van der Waals surface area contributed by atoms with Crippen LogP contribution >= 0.6 is 0 Å². The molecule has 0 unspecified atom stereocenters. The van der Waals surface area contributed by atoms with Crippen LogP contribution in [0.15, 0.2) is 24.3 Å². The van der Waals surface area contributed by atoms with Gasteiger partial charge in [0.05, 0.1) is 0 Å². The molecule has 0 spiro atoms. The summed E-state index contributed by atoms with van der Waals surface area (Å²) in [6.45, 7) is 8.42. The third-order valence-electron chi connectivity index (χ3n) is 3.73. The summed E-state index contributed by atoms with van der Waals surface area (Å²) in [7, 11) is 0. The van der Waals surface area contributed by atoms with Crippen LogP contribution in [-0.2, 0) is 11.3 Å². The van der Waals surface area contributed by atoms with Crippen molar-refractivity contribution in [3.63, 3.8) is 0 Å². The lowest BCUT2D eigenvalue weighted by atomic mass is 10.1. The summed E-state index contributed by atoms with van der Waals surface area (Å²) >= 11 is 0. The molecule has 0 saturated carbocycles. The number of hydrogen-bond acceptors (Lipinski definition) is 2. The van der Waals surface area contributed by atoms with Crippen LogP contribution in [0.3, 0.4) is 0 Å². The number of amides is 2. The summed E-state index contributed by atoms with van der Waals surface area (Å²) in [4.78, 5) is 23.6. The van der Waals surface area contributed by atoms with Gasteiger partial charge in [0, 0.05) is 24.1 Å². The molecular weight excluding hydrogens is 264 g/mol. The molecule has 0 aliphatic carbocycles. The molecule has 0 aliphatic rings. The molecule has 2 amide bonds. The number of rotatable bonds is 7. The van der Waals surface area contributed by atoms with Crippen molar-refractivity contribution in [2.75, 3.05) is 0 Å². The second kappa shape index (κ2) is 8.45. The molecule has 1 rings (SSSR count). The molecule has 0 saturated heterocycles. The maximum atomic E-state index is 11.9. The lowest BCUT2D eigenvalue weighted by molar-refractivity contribution is -0.124. The number of nitrogens with one attached hydrogen (secondary N) is 2. The molecule has 4 heteroatoms. The van der Waals surface area contributed by atoms with Crippen LogP contribution in [0.4, 0.5) is 0 Å². The minimum Gasteiger partial charge on any atom is -0.352 e. The Balaban J connectivity index is 2.54. The zero-order chi connectivity index (χ0) is 15.8. The highest BCUT2D eigenvalue weighted by molar-refractivity contribution is 5.94. The SMILES string of the molecule is CC[C@@H](C)C(=O)NCc1ccc(C(=O)N[C@@H](C)CC)cc1. The topological polar surface area (TPSA) is 58.2 Å². The van der Waals surface area contributed by atoms with Crippen molar-refractivity contribution in [3.05, 3.63) is 35.4 Å². The lowest BCUT2D eigenvalue weighted by Gasteiger charge is -2.12. The summed E-state index contributed by atoms with van der Waals surface area (Å²) in [5, 5.41) is 5.83. The van der Waals surface area contributed by atoms with E-state index in [-0.39, 0.29) is 23.8 Å². The van der Waals surface area contributed by atoms with Gasteiger partial charge in [-0.1, -0.05) is 32.9 Å². The minimum atomic E-state index is -0.0560. The minimum absolute atomic E-state index is 0.0329. The van der Waals surface area contributed by atoms with Gasteiger partial charge in [0.2, 0.25) is 5.91 Å². The van der Waals surface area contributed by atoms with E-state index < -0.39 is 0 Å². The van der Waals surface area contributed by atoms with Crippen LogP contribution in [0.1, 0.15) is 56.5 Å². The molecule has 0 aromatic heterocycles. The predicted octanol–water partition coefficient (Wildman–Crippen LogP) is 2.88. The highest BCUT2D eigenvalue weighted by Crippen LogP contribution is 2.06. The van der Waals surface area contributed by atoms with Crippen LogP contribution in [0.5, 0.6) is 0 Å². The van der Waals surface area contributed by atoms with Crippen molar-refractivity contribution < 1.29 is 9.59 Å². The fourth-order valence-electron chi connectivity index (χ4n) is 1.73. The molecule has 0 heterocycles. The summed E-state index contributed by atoms with van der Waals surface area (Å²) in [6.07, 6.45) is 1.74. The second-order valence-electron chi connectivity index (χ2n) is 5.51. The van der Waals surface area contributed by atoms with Crippen LogP contribution in [-0.4, -0.2) is 17.9 Å². The molecule has 1 aromatic rings. The van der Waals surface area contributed by atoms with E-state index in [4.69, 9.17) is 0 Å². The Morgan fingerprint density at radius 2 is 1.67 bits per heavy atom. The Hall–Kier alpha value is -1.84. The van der Waals surface area contributed by atoms with E-state index in [0.717, 1.165) is 18.4 Å². The molecule has 2 atom stereocenters. The number of carbonyl (C=O) groups excluding carboxylic acids is 2. The Morgan fingerprint density at radius 3 is 2.19 bits per heavy atom. The Morgan fingerprint density at radius 1 is 1.05 bits per heavy atom. The first-order valence-electron chi connectivity index (χ1n) is 7.65. The molecular formula is C17H26N2O2. The summed E-state index contributed by atoms with van der Waals surface area (Å²) in [6, 6.07) is 7.52. The van der Waals surface area contributed by atoms with E-state index in [9.17, 15) is 9.59 Å². The van der Waals surface area contributed by atoms with Crippen molar-refractivity contribution in [1.82, 2.24) is 10.6 Å². The predicted molar refractivity (Wildman–Crippen MR) is 85.0 cm³/mol. The fourth-order valence-corrected chi connectivity index (χ4v) is 1.73. The second-order valence-corrected chi connectivity index (χ2v) is 5.51. The van der Waals surface area contributed by atoms with Gasteiger partial charge in [0.15, 0.2) is 0 Å². The standard InChI is InChI=1S/C17H26N2O2/c1-5-12(3)16(20)18-11-14-7-9-15(10-8-14)17(21)19-13(4)6-2/h7-10,12-13H,5-6,11H2,1-4H3,(H,18,20)(H,19,21)/t12-,13+/m1/s1. The van der Waals surface area contributed by atoms with Crippen molar-refractivity contribution in [3.8, 4) is 0 Å². The highest BCUT2D eigenvalue weighted by atomic mass is 16.2. The number of hydrogen-bond donors (Lipinski definition) is 2. The normalized spacial score (nSPS) is 13.3. The first-order chi connectivity index (χ1) is 9.97. The van der Waals surface area contributed by atoms with Gasteiger partial charge in [-0.2, -0.15) is 0 Å². The maximum absolute atomic E-state index is 11.9. The van der Waals surface area contributed by atoms with Crippen molar-refractivity contribution in [2.45, 2.75) is 53.1 Å². The summed E-state index contributed by atoms with van der Waals surface area (Å²) in [5.74, 6) is 0.0428. The Bertz CT molecular complexity index is 468. The molecule has 2 N–H and O–H groups in total. The van der Waals surface area contributed by atoms with E-state index in [1.54, 1.807) is 12.1 Å². The molecule has 0 radical (unpaired) electrons. The van der Waals surface area contributed by atoms with E-state index in [1.165, 1.54) is 0 Å². The lowest BCUT2D eigenvalue weighted by Crippen LogP contribution is -2.32. The monoisotopic (exact) mass is 290 g/mol. The van der Waals surface area contributed by atoms with E-state index in [2.05, 4.69) is 10.6 Å². The van der Waals surface area contributed by atoms with Gasteiger partial charge in [-0.25, -0.2) is 0 Å². The Labute approximate surface area is 127 Å². The quantitative estimate of drug-likeness (QED) is 0.811. The molecule has 21 heavy (non-hydrogen) atoms. The van der Waals surface area contributed by atoms with Crippen LogP contribution in [0.25, 0.3) is 0 Å². The van der Waals surface area contributed by atoms with Gasteiger partial charge in [-0.05, 0) is 37.5 Å². The molecule has 4 nitrogen and oxygen atoms in total. The van der Waals surface area contributed by atoms with Gasteiger partial charge < -0.3 is 10.6 Å². The Kier molecular flexibility index (Phi) is 6.92. The summed E-state index contributed by atoms with van der Waals surface area (Å²) in [5.41, 5.74) is 1.64. The average molecular weight is 290 g/mol. The van der Waals surface area contributed by atoms with E-state index >= 15 is 0 Å². The van der Waals surface area contributed by atoms with E-state index in [1.807, 2.05) is 39.8 Å². The third-order valence-corrected chi connectivity index (χ3v) is 3.73. The van der Waals surface area contributed by atoms with Crippen molar-refractivity contribution >= 4 is 11.8 Å². The van der Waals surface area contributed by atoms with Crippen LogP contribution in [0.2, 0.25) is 0 Å². The molecule has 0 aliphatic heterocycles. The van der Waals surface area contributed by atoms with Crippen LogP contribution in [0, 0.1) is 5.92 Å². The molecule has 116 valence electrons. The average Bonchev–Trinajstić information content (AvgIpc) is 2.51. The smallest absolute Gasteiger partial charge is 0.251 e. The molecule has 0 bridgehead atoms. The van der Waals surface area contributed by atoms with Crippen molar-refractivity contribution in [2.24, 2.45) is 5.92 Å². The number of benzene rings is 1. The van der Waals surface area contributed by atoms with Gasteiger partial charge in [-0.15, -0.1) is 0 Å². The first kappa shape index (κ1) is 17.2. The molecule has 1 aromatic carbocycles. The first-order valence-corrected chi connectivity index (χ1v) is 7.65. The van der Waals surface area contributed by atoms with Crippen molar-refractivity contribution in [1.29, 1.82) is 0 Å². The maximum Gasteiger partial charge on any atom is 0.251 e. The van der Waals surface area contributed by atoms with Gasteiger partial charge >= 0.3 is 0 Å². The molecule has 0 fully saturated rings. The van der Waals surface area contributed by atoms with Gasteiger partial charge in [0.25, 0.3) is 5.91 Å². The zero-order valence-electron chi connectivity index (χ0n) is 13.4. The highest BCUT2D eigenvalue weighted by Gasteiger charge is 2.10. The number of carbonyl (C=O) groups is 2. The largest absolute Gasteiger partial charge is 0.352 e. The summed E-state index contributed by atoms with van der Waals surface area (Å²) < 4.78 is 0. The van der Waals surface area contributed by atoms with Gasteiger partial charge in [-0.3, -0.25) is 9.59 Å². The zero-order valence-corrected chi connectivity index (χ0v) is 13.4. The van der Waals surface area contributed by atoms with Crippen LogP contribution < -0.4 is 10.6 Å². The fraction of sp³-hybridized carbons (Fsp3) is 0.529.